The van der Waals surface area contributed by atoms with Crippen LogP contribution in [0.3, 0.4) is 0 Å². The summed E-state index contributed by atoms with van der Waals surface area (Å²) in [5, 5.41) is 3.34. The minimum Gasteiger partial charge on any atom is -0.462 e. The van der Waals surface area contributed by atoms with Crippen molar-refractivity contribution in [1.82, 2.24) is 0 Å². The summed E-state index contributed by atoms with van der Waals surface area (Å²) >= 11 is 0. The Morgan fingerprint density at radius 1 is 1.56 bits per heavy atom. The molecule has 0 saturated heterocycles. The van der Waals surface area contributed by atoms with Crippen molar-refractivity contribution in [3.05, 3.63) is 24.5 Å². The molecule has 1 aromatic heterocycles. The van der Waals surface area contributed by atoms with Gasteiger partial charge in [-0.05, 0) is 25.1 Å². The maximum atomic E-state index is 11.2. The van der Waals surface area contributed by atoms with E-state index in [0.29, 0.717) is 23.6 Å². The summed E-state index contributed by atoms with van der Waals surface area (Å²) in [5.41, 5.74) is 7.49. The predicted octanol–water partition coefficient (Wildman–Crippen LogP) is 2.58. The van der Waals surface area contributed by atoms with Gasteiger partial charge in [0.05, 0.1) is 12.3 Å². The van der Waals surface area contributed by atoms with Gasteiger partial charge in [0.25, 0.3) is 0 Å². The van der Waals surface area contributed by atoms with Crippen molar-refractivity contribution in [2.24, 2.45) is 0 Å². The Kier molecular flexibility index (Phi) is 2.68. The van der Waals surface area contributed by atoms with E-state index in [4.69, 9.17) is 14.9 Å². The van der Waals surface area contributed by atoms with Crippen LogP contribution in [0, 0.1) is 0 Å². The lowest BCUT2D eigenvalue weighted by molar-refractivity contribution is 0.168. The molecule has 2 aromatic rings. The highest BCUT2D eigenvalue weighted by Crippen LogP contribution is 2.27. The van der Waals surface area contributed by atoms with Gasteiger partial charge in [0.15, 0.2) is 0 Å². The number of benzene rings is 1. The molecule has 0 fully saturated rings. The van der Waals surface area contributed by atoms with Crippen LogP contribution in [0.5, 0.6) is 0 Å². The Hall–Kier alpha value is -2.17. The second-order valence-electron chi connectivity index (χ2n) is 3.25. The van der Waals surface area contributed by atoms with Gasteiger partial charge in [-0.1, -0.05) is 0 Å². The fourth-order valence-corrected chi connectivity index (χ4v) is 1.42. The number of amides is 1. The summed E-state index contributed by atoms with van der Waals surface area (Å²) in [6.07, 6.45) is 0.953. The van der Waals surface area contributed by atoms with Crippen molar-refractivity contribution < 1.29 is 13.9 Å². The predicted molar refractivity (Wildman–Crippen MR) is 61.3 cm³/mol. The number of hydrogen-bond donors (Lipinski definition) is 2. The van der Waals surface area contributed by atoms with Crippen LogP contribution >= 0.6 is 0 Å². The number of hydrogen-bond acceptors (Lipinski definition) is 4. The number of nitrogens with two attached hydrogens (primary N) is 1. The molecule has 3 N–H and O–H groups in total. The van der Waals surface area contributed by atoms with Crippen LogP contribution in [0.2, 0.25) is 0 Å². The quantitative estimate of drug-likeness (QED) is 0.762. The van der Waals surface area contributed by atoms with Gasteiger partial charge < -0.3 is 14.9 Å². The van der Waals surface area contributed by atoms with E-state index in [9.17, 15) is 4.79 Å². The monoisotopic (exact) mass is 220 g/mol. The number of furan rings is 1. The molecule has 0 radical (unpaired) electrons. The third-order valence-corrected chi connectivity index (χ3v) is 2.11. The van der Waals surface area contributed by atoms with Crippen molar-refractivity contribution in [2.75, 3.05) is 17.7 Å². The molecule has 0 spiro atoms. The third-order valence-electron chi connectivity index (χ3n) is 2.11. The van der Waals surface area contributed by atoms with Gasteiger partial charge in [0.2, 0.25) is 0 Å². The second-order valence-corrected chi connectivity index (χ2v) is 3.25. The van der Waals surface area contributed by atoms with Crippen LogP contribution in [0.15, 0.2) is 28.9 Å². The van der Waals surface area contributed by atoms with Crippen LogP contribution < -0.4 is 11.1 Å². The summed E-state index contributed by atoms with van der Waals surface area (Å²) in [6.45, 7) is 2.06. The van der Waals surface area contributed by atoms with Crippen molar-refractivity contribution in [3.63, 3.8) is 0 Å². The number of carbonyl (C=O) groups excluding carboxylic acids is 1. The number of anilines is 2. The fourth-order valence-electron chi connectivity index (χ4n) is 1.42. The first-order chi connectivity index (χ1) is 7.70. The number of ether oxygens (including phenoxy) is 1. The lowest BCUT2D eigenvalue weighted by atomic mass is 10.2. The van der Waals surface area contributed by atoms with Crippen LogP contribution in [-0.4, -0.2) is 12.7 Å². The van der Waals surface area contributed by atoms with E-state index in [1.165, 1.54) is 6.26 Å². The Balaban J connectivity index is 2.30. The molecule has 5 heteroatoms. The average molecular weight is 220 g/mol. The molecule has 1 aromatic carbocycles. The normalized spacial score (nSPS) is 10.3. The Bertz CT molecular complexity index is 519. The highest BCUT2D eigenvalue weighted by atomic mass is 16.5. The molecule has 0 aliphatic carbocycles. The standard InChI is InChI=1S/C11H12N2O3/c1-2-15-11(14)13-9-6-16-10-4-3-7(12)5-8(9)10/h3-6H,2,12H2,1H3,(H,13,14). The van der Waals surface area contributed by atoms with Crippen molar-refractivity contribution in [2.45, 2.75) is 6.92 Å². The number of fused-ring (bicyclic) bond motifs is 1. The van der Waals surface area contributed by atoms with Gasteiger partial charge in [-0.15, -0.1) is 0 Å². The number of carbonyl (C=O) groups is 1. The largest absolute Gasteiger partial charge is 0.462 e. The first kappa shape index (κ1) is 10.4. The van der Waals surface area contributed by atoms with Crippen molar-refractivity contribution in [3.8, 4) is 0 Å². The van der Waals surface area contributed by atoms with Crippen LogP contribution in [0.4, 0.5) is 16.2 Å². The number of nitrogens with one attached hydrogen (secondary N) is 1. The Morgan fingerprint density at radius 2 is 2.38 bits per heavy atom. The maximum Gasteiger partial charge on any atom is 0.411 e. The summed E-state index contributed by atoms with van der Waals surface area (Å²) in [7, 11) is 0. The smallest absolute Gasteiger partial charge is 0.411 e. The third kappa shape index (κ3) is 1.93. The van der Waals surface area contributed by atoms with Gasteiger partial charge in [-0.3, -0.25) is 5.32 Å². The van der Waals surface area contributed by atoms with E-state index in [1.807, 2.05) is 0 Å². The van der Waals surface area contributed by atoms with E-state index < -0.39 is 6.09 Å². The molecule has 0 bridgehead atoms. The molecule has 0 atom stereocenters. The lowest BCUT2D eigenvalue weighted by Gasteiger charge is -2.02. The highest BCUT2D eigenvalue weighted by molar-refractivity contribution is 5.99. The molecule has 1 amide bonds. The summed E-state index contributed by atoms with van der Waals surface area (Å²) < 4.78 is 10.0. The molecule has 0 saturated carbocycles. The van der Waals surface area contributed by atoms with Crippen LogP contribution in [0.1, 0.15) is 6.92 Å². The van der Waals surface area contributed by atoms with Gasteiger partial charge in [0.1, 0.15) is 11.8 Å². The molecule has 0 unspecified atom stereocenters. The minimum absolute atomic E-state index is 0.323. The molecule has 0 aliphatic rings. The summed E-state index contributed by atoms with van der Waals surface area (Å²) in [6, 6.07) is 5.22. The molecular formula is C11H12N2O3. The topological polar surface area (TPSA) is 77.5 Å². The summed E-state index contributed by atoms with van der Waals surface area (Å²) in [5.74, 6) is 0. The Labute approximate surface area is 92.2 Å². The second kappa shape index (κ2) is 4.14. The molecule has 1 heterocycles. The van der Waals surface area contributed by atoms with E-state index in [1.54, 1.807) is 25.1 Å². The van der Waals surface area contributed by atoms with Crippen LogP contribution in [-0.2, 0) is 4.74 Å². The fraction of sp³-hybridized carbons (Fsp3) is 0.182. The van der Waals surface area contributed by atoms with E-state index in [-0.39, 0.29) is 0 Å². The van der Waals surface area contributed by atoms with Gasteiger partial charge >= 0.3 is 6.09 Å². The Morgan fingerprint density at radius 3 is 3.12 bits per heavy atom. The molecular weight excluding hydrogens is 208 g/mol. The highest BCUT2D eigenvalue weighted by Gasteiger charge is 2.09. The van der Waals surface area contributed by atoms with Gasteiger partial charge in [0, 0.05) is 11.1 Å². The molecule has 16 heavy (non-hydrogen) atoms. The maximum absolute atomic E-state index is 11.2. The zero-order chi connectivity index (χ0) is 11.5. The minimum atomic E-state index is -0.507. The molecule has 0 aliphatic heterocycles. The SMILES string of the molecule is CCOC(=O)Nc1coc2ccc(N)cc12. The lowest BCUT2D eigenvalue weighted by Crippen LogP contribution is -2.12. The van der Waals surface area contributed by atoms with E-state index in [0.717, 1.165) is 5.39 Å². The van der Waals surface area contributed by atoms with Gasteiger partial charge in [-0.2, -0.15) is 0 Å². The first-order valence-electron chi connectivity index (χ1n) is 4.91. The van der Waals surface area contributed by atoms with Crippen LogP contribution in [0.25, 0.3) is 11.0 Å². The number of nitrogen functional groups attached to an aromatic ring is 1. The van der Waals surface area contributed by atoms with E-state index >= 15 is 0 Å². The van der Waals surface area contributed by atoms with Crippen molar-refractivity contribution in [1.29, 1.82) is 0 Å². The average Bonchev–Trinajstić information content (AvgIpc) is 2.61. The zero-order valence-electron chi connectivity index (χ0n) is 8.82. The molecule has 5 nitrogen and oxygen atoms in total. The summed E-state index contributed by atoms with van der Waals surface area (Å²) in [4.78, 5) is 11.2. The zero-order valence-corrected chi connectivity index (χ0v) is 8.82. The van der Waals surface area contributed by atoms with Crippen molar-refractivity contribution >= 4 is 28.4 Å². The van der Waals surface area contributed by atoms with E-state index in [2.05, 4.69) is 5.32 Å². The number of rotatable bonds is 2. The first-order valence-corrected chi connectivity index (χ1v) is 4.91. The molecule has 84 valence electrons. The molecule has 2 rings (SSSR count). The van der Waals surface area contributed by atoms with Gasteiger partial charge in [-0.25, -0.2) is 4.79 Å².